The second-order valence-corrected chi connectivity index (χ2v) is 4.95. The van der Waals surface area contributed by atoms with E-state index in [2.05, 4.69) is 32.6 Å². The van der Waals surface area contributed by atoms with Crippen LogP contribution in [-0.4, -0.2) is 30.0 Å². The van der Waals surface area contributed by atoms with E-state index in [9.17, 15) is 0 Å². The van der Waals surface area contributed by atoms with Crippen molar-refractivity contribution in [2.75, 3.05) is 17.6 Å². The van der Waals surface area contributed by atoms with Gasteiger partial charge in [-0.1, -0.05) is 24.6 Å². The van der Waals surface area contributed by atoms with Crippen LogP contribution < -0.4 is 4.31 Å². The molecule has 1 heterocycles. The first-order chi connectivity index (χ1) is 9.72. The molecule has 0 fully saturated rings. The third-order valence-corrected chi connectivity index (χ3v) is 3.69. The molecule has 0 bridgehead atoms. The number of anilines is 1. The number of aromatic nitrogens is 2. The average molecular weight is 284 g/mol. The van der Waals surface area contributed by atoms with Crippen molar-refractivity contribution in [3.05, 3.63) is 48.9 Å². The Kier molecular flexibility index (Phi) is 4.53. The first kappa shape index (κ1) is 14.3. The molecule has 0 aliphatic heterocycles. The second kappa shape index (κ2) is 6.34. The monoisotopic (exact) mass is 284 g/mol. The molecule has 0 saturated carbocycles. The van der Waals surface area contributed by atoms with Crippen molar-refractivity contribution in [3.8, 4) is 0 Å². The third-order valence-electron chi connectivity index (χ3n) is 2.96. The molecule has 4 nitrogen and oxygen atoms in total. The molecule has 0 radical (unpaired) electrons. The molecule has 0 atom stereocenters. The average Bonchev–Trinajstić information content (AvgIpc) is 2.50. The van der Waals surface area contributed by atoms with Crippen LogP contribution in [0.1, 0.15) is 5.56 Å². The molecule has 1 aromatic heterocycles. The molecule has 1 aromatic carbocycles. The van der Waals surface area contributed by atoms with Crippen molar-refractivity contribution in [1.29, 1.82) is 0 Å². The Morgan fingerprint density at radius 3 is 2.75 bits per heavy atom. The van der Waals surface area contributed by atoms with Crippen LogP contribution in [0.15, 0.2) is 48.4 Å². The van der Waals surface area contributed by atoms with Crippen LogP contribution in [0.25, 0.3) is 16.6 Å². The van der Waals surface area contributed by atoms with E-state index >= 15 is 0 Å². The van der Waals surface area contributed by atoms with Crippen LogP contribution in [0.2, 0.25) is 0 Å². The second-order valence-electron chi connectivity index (χ2n) is 4.04. The summed E-state index contributed by atoms with van der Waals surface area (Å²) in [6.45, 7) is 7.35. The molecule has 0 unspecified atom stereocenters. The molecule has 0 spiro atoms. The van der Waals surface area contributed by atoms with Gasteiger partial charge in [0.25, 0.3) is 0 Å². The number of aliphatic imine (C=N–C) groups is 1. The van der Waals surface area contributed by atoms with Crippen LogP contribution in [-0.2, 0) is 0 Å². The minimum atomic E-state index is 0.860. The normalized spacial score (nSPS) is 11.4. The van der Waals surface area contributed by atoms with Crippen LogP contribution in [0.4, 0.5) is 5.69 Å². The summed E-state index contributed by atoms with van der Waals surface area (Å²) in [6, 6.07) is 3.97. The Labute approximate surface area is 123 Å². The number of benzene rings is 1. The summed E-state index contributed by atoms with van der Waals surface area (Å²) in [5.41, 5.74) is 4.64. The van der Waals surface area contributed by atoms with Crippen LogP contribution >= 0.6 is 11.9 Å². The van der Waals surface area contributed by atoms with Crippen molar-refractivity contribution in [2.24, 2.45) is 4.99 Å². The van der Waals surface area contributed by atoms with E-state index in [1.807, 2.05) is 25.4 Å². The van der Waals surface area contributed by atoms with Gasteiger partial charge in [-0.25, -0.2) is 0 Å². The number of allylic oxidation sites excluding steroid dienone is 2. The topological polar surface area (TPSA) is 41.4 Å². The molecule has 0 saturated heterocycles. The van der Waals surface area contributed by atoms with Gasteiger partial charge in [0.1, 0.15) is 5.52 Å². The number of hydrogen-bond donors (Lipinski definition) is 0. The molecule has 102 valence electrons. The number of rotatable bonds is 5. The van der Waals surface area contributed by atoms with E-state index in [0.29, 0.717) is 0 Å². The zero-order chi connectivity index (χ0) is 14.5. The molecule has 5 heteroatoms. The van der Waals surface area contributed by atoms with Gasteiger partial charge in [-0.2, -0.15) is 0 Å². The first-order valence-corrected chi connectivity index (χ1v) is 7.21. The minimum absolute atomic E-state index is 0.860. The Bertz CT molecular complexity index is 679. The predicted octanol–water partition coefficient (Wildman–Crippen LogP) is 3.57. The van der Waals surface area contributed by atoms with Gasteiger partial charge in [0.15, 0.2) is 0 Å². The molecule has 0 amide bonds. The summed E-state index contributed by atoms with van der Waals surface area (Å²) >= 11 is 1.61. The lowest BCUT2D eigenvalue weighted by Crippen LogP contribution is -2.09. The van der Waals surface area contributed by atoms with E-state index in [-0.39, 0.29) is 0 Å². The van der Waals surface area contributed by atoms with Gasteiger partial charge in [-0.05, 0) is 18.9 Å². The summed E-state index contributed by atoms with van der Waals surface area (Å²) in [6.07, 6.45) is 8.88. The summed E-state index contributed by atoms with van der Waals surface area (Å²) in [5, 5.41) is 0. The SMILES string of the molecule is C=C/C(=C/N=C)c1ccc2nccnc2c1N(C)SC. The smallest absolute Gasteiger partial charge is 0.113 e. The summed E-state index contributed by atoms with van der Waals surface area (Å²) in [7, 11) is 2.00. The Morgan fingerprint density at radius 2 is 2.10 bits per heavy atom. The standard InChI is InChI=1S/C15H16N4S/c1-5-11(10-16-2)12-6-7-13-14(18-9-8-17-13)15(12)19(3)20-4/h5-10H,1-2H2,3-4H3/b11-10-. The lowest BCUT2D eigenvalue weighted by molar-refractivity contribution is 1.26. The van der Waals surface area contributed by atoms with E-state index in [0.717, 1.165) is 27.9 Å². The highest BCUT2D eigenvalue weighted by Gasteiger charge is 2.15. The van der Waals surface area contributed by atoms with Crippen LogP contribution in [0, 0.1) is 0 Å². The fourth-order valence-electron chi connectivity index (χ4n) is 2.00. The molecular formula is C15H16N4S. The van der Waals surface area contributed by atoms with Gasteiger partial charge in [0.05, 0.1) is 11.2 Å². The van der Waals surface area contributed by atoms with Crippen molar-refractivity contribution >= 4 is 41.0 Å². The molecule has 0 aliphatic carbocycles. The largest absolute Gasteiger partial charge is 0.317 e. The maximum atomic E-state index is 4.46. The molecule has 0 N–H and O–H groups in total. The highest BCUT2D eigenvalue weighted by molar-refractivity contribution is 7.99. The van der Waals surface area contributed by atoms with Gasteiger partial charge >= 0.3 is 0 Å². The van der Waals surface area contributed by atoms with Gasteiger partial charge in [-0.3, -0.25) is 15.0 Å². The van der Waals surface area contributed by atoms with Crippen molar-refractivity contribution in [2.45, 2.75) is 0 Å². The van der Waals surface area contributed by atoms with Crippen molar-refractivity contribution in [3.63, 3.8) is 0 Å². The zero-order valence-electron chi connectivity index (χ0n) is 11.6. The maximum Gasteiger partial charge on any atom is 0.113 e. The minimum Gasteiger partial charge on any atom is -0.317 e. The number of nitrogens with zero attached hydrogens (tertiary/aromatic N) is 4. The number of fused-ring (bicyclic) bond motifs is 1. The Hall–Kier alpha value is -2.14. The molecule has 0 aliphatic rings. The molecule has 2 rings (SSSR count). The first-order valence-electron chi connectivity index (χ1n) is 6.03. The van der Waals surface area contributed by atoms with Crippen LogP contribution in [0.5, 0.6) is 0 Å². The predicted molar refractivity (Wildman–Crippen MR) is 89.2 cm³/mol. The molecular weight excluding hydrogens is 268 g/mol. The van der Waals surface area contributed by atoms with Gasteiger partial charge in [0.2, 0.25) is 0 Å². The van der Waals surface area contributed by atoms with E-state index in [4.69, 9.17) is 0 Å². The summed E-state index contributed by atoms with van der Waals surface area (Å²) < 4.78 is 2.06. The van der Waals surface area contributed by atoms with Gasteiger partial charge in [0, 0.05) is 43.0 Å². The lowest BCUT2D eigenvalue weighted by Gasteiger charge is -2.21. The van der Waals surface area contributed by atoms with E-state index in [1.54, 1.807) is 36.6 Å². The third kappa shape index (κ3) is 2.58. The highest BCUT2D eigenvalue weighted by Crippen LogP contribution is 2.35. The van der Waals surface area contributed by atoms with Gasteiger partial charge in [-0.15, -0.1) is 0 Å². The fourth-order valence-corrected chi connectivity index (χ4v) is 2.36. The summed E-state index contributed by atoms with van der Waals surface area (Å²) in [4.78, 5) is 12.7. The van der Waals surface area contributed by atoms with Crippen molar-refractivity contribution < 1.29 is 0 Å². The number of hydrogen-bond acceptors (Lipinski definition) is 5. The highest BCUT2D eigenvalue weighted by atomic mass is 32.2. The van der Waals surface area contributed by atoms with E-state index in [1.165, 1.54) is 0 Å². The Morgan fingerprint density at radius 1 is 1.35 bits per heavy atom. The molecule has 2 aromatic rings. The fraction of sp³-hybridized carbons (Fsp3) is 0.133. The lowest BCUT2D eigenvalue weighted by atomic mass is 10.0. The van der Waals surface area contributed by atoms with Gasteiger partial charge < -0.3 is 4.31 Å². The zero-order valence-corrected chi connectivity index (χ0v) is 12.4. The van der Waals surface area contributed by atoms with E-state index < -0.39 is 0 Å². The Balaban J connectivity index is 2.80. The molecule has 20 heavy (non-hydrogen) atoms. The summed E-state index contributed by atoms with van der Waals surface area (Å²) in [5.74, 6) is 0. The van der Waals surface area contributed by atoms with Crippen molar-refractivity contribution in [1.82, 2.24) is 9.97 Å². The van der Waals surface area contributed by atoms with Crippen LogP contribution in [0.3, 0.4) is 0 Å². The maximum absolute atomic E-state index is 4.46. The quantitative estimate of drug-likeness (QED) is 0.478.